The minimum absolute atomic E-state index is 0.209. The maximum absolute atomic E-state index is 7.05. The van der Waals surface area contributed by atoms with Crippen molar-refractivity contribution in [2.75, 3.05) is 0 Å². The summed E-state index contributed by atoms with van der Waals surface area (Å²) in [4.78, 5) is 1.37. The number of halogens is 2. The zero-order valence-corrected chi connectivity index (χ0v) is 15.4. The number of rotatable bonds is 2. The molecule has 20 heavy (non-hydrogen) atoms. The molecule has 0 N–H and O–H groups in total. The molecule has 1 heterocycles. The van der Waals surface area contributed by atoms with Gasteiger partial charge in [-0.25, -0.2) is 0 Å². The molecule has 0 spiro atoms. The van der Waals surface area contributed by atoms with Crippen LogP contribution in [0.25, 0.3) is 0 Å². The van der Waals surface area contributed by atoms with E-state index in [1.165, 1.54) is 47.2 Å². The maximum Gasteiger partial charge on any atom is 0.0735 e. The number of alkyl halides is 1. The lowest BCUT2D eigenvalue weighted by Crippen LogP contribution is -2.56. The van der Waals surface area contributed by atoms with Gasteiger partial charge in [-0.2, -0.15) is 0 Å². The first kappa shape index (κ1) is 14.1. The molecule has 4 aliphatic carbocycles. The minimum Gasteiger partial charge on any atom is -0.132 e. The Kier molecular flexibility index (Phi) is 3.00. The maximum atomic E-state index is 7.05. The van der Waals surface area contributed by atoms with Gasteiger partial charge in [-0.3, -0.25) is 0 Å². The van der Waals surface area contributed by atoms with Crippen molar-refractivity contribution in [1.82, 2.24) is 0 Å². The molecule has 4 saturated carbocycles. The Balaban J connectivity index is 1.73. The third kappa shape index (κ3) is 2.05. The fraction of sp³-hybridized carbons (Fsp3) is 0.765. The van der Waals surface area contributed by atoms with Crippen LogP contribution in [-0.2, 0) is 0 Å². The van der Waals surface area contributed by atoms with Gasteiger partial charge in [-0.15, -0.1) is 22.9 Å². The van der Waals surface area contributed by atoms with E-state index >= 15 is 0 Å². The van der Waals surface area contributed by atoms with Crippen LogP contribution >= 0.6 is 38.9 Å². The van der Waals surface area contributed by atoms with Crippen LogP contribution in [0.15, 0.2) is 15.9 Å². The molecule has 3 heteroatoms. The van der Waals surface area contributed by atoms with Gasteiger partial charge in [0.1, 0.15) is 0 Å². The van der Waals surface area contributed by atoms with Gasteiger partial charge >= 0.3 is 0 Å². The molecule has 0 aromatic carbocycles. The summed E-state index contributed by atoms with van der Waals surface area (Å²) in [7, 11) is 0. The standard InChI is InChI=1S/C17H22BrClS/c1-15-5-11-6-16(2,8-15)10-17(7-11,9-15)14(19)12-3-4-13(18)20-12/h3-4,11,14H,5-10H2,1-2H3. The van der Waals surface area contributed by atoms with E-state index in [9.17, 15) is 0 Å². The number of thiophene rings is 1. The molecule has 4 fully saturated rings. The van der Waals surface area contributed by atoms with E-state index in [4.69, 9.17) is 11.6 Å². The third-order valence-electron chi connectivity index (χ3n) is 6.05. The first-order valence-electron chi connectivity index (χ1n) is 7.71. The summed E-state index contributed by atoms with van der Waals surface area (Å²) in [6.07, 6.45) is 8.37. The van der Waals surface area contributed by atoms with E-state index in [0.29, 0.717) is 16.2 Å². The van der Waals surface area contributed by atoms with Crippen LogP contribution in [0.5, 0.6) is 0 Å². The Morgan fingerprint density at radius 2 is 1.80 bits per heavy atom. The average molecular weight is 374 g/mol. The normalized spacial score (nSPS) is 47.7. The summed E-state index contributed by atoms with van der Waals surface area (Å²) in [5.41, 5.74) is 1.46. The Morgan fingerprint density at radius 1 is 1.15 bits per heavy atom. The van der Waals surface area contributed by atoms with Crippen LogP contribution in [0.2, 0.25) is 0 Å². The van der Waals surface area contributed by atoms with E-state index in [0.717, 1.165) is 5.92 Å². The first-order chi connectivity index (χ1) is 9.32. The second kappa shape index (κ2) is 4.26. The van der Waals surface area contributed by atoms with Gasteiger partial charge in [0.2, 0.25) is 0 Å². The van der Waals surface area contributed by atoms with Crippen molar-refractivity contribution in [2.45, 2.75) is 57.7 Å². The van der Waals surface area contributed by atoms with Crippen LogP contribution in [-0.4, -0.2) is 0 Å². The SMILES string of the molecule is CC12CC3CC(C)(C1)CC(C(Cl)c1ccc(Br)s1)(C3)C2. The lowest BCUT2D eigenvalue weighted by atomic mass is 9.39. The molecular formula is C17H22BrClS. The Labute approximate surface area is 139 Å². The second-order valence-corrected chi connectivity index (χ2v) is 11.4. The summed E-state index contributed by atoms with van der Waals surface area (Å²) < 4.78 is 1.21. The lowest BCUT2D eigenvalue weighted by Gasteiger charge is -2.66. The second-order valence-electron chi connectivity index (χ2n) is 8.50. The summed E-state index contributed by atoms with van der Waals surface area (Å²) in [5, 5.41) is 0.209. The van der Waals surface area contributed by atoms with Crippen molar-refractivity contribution in [3.05, 3.63) is 20.8 Å². The van der Waals surface area contributed by atoms with E-state index in [2.05, 4.69) is 41.9 Å². The highest BCUT2D eigenvalue weighted by molar-refractivity contribution is 9.11. The van der Waals surface area contributed by atoms with E-state index in [1.54, 1.807) is 0 Å². The van der Waals surface area contributed by atoms with Crippen molar-refractivity contribution in [3.63, 3.8) is 0 Å². The molecule has 0 saturated heterocycles. The molecule has 4 bridgehead atoms. The summed E-state index contributed by atoms with van der Waals surface area (Å²) in [6.45, 7) is 5.05. The van der Waals surface area contributed by atoms with Gasteiger partial charge in [-0.05, 0) is 88.8 Å². The molecule has 5 rings (SSSR count). The molecule has 0 nitrogen and oxygen atoms in total. The van der Waals surface area contributed by atoms with Crippen LogP contribution in [0.1, 0.15) is 62.6 Å². The van der Waals surface area contributed by atoms with Gasteiger partial charge in [-0.1, -0.05) is 13.8 Å². The van der Waals surface area contributed by atoms with Crippen molar-refractivity contribution in [2.24, 2.45) is 22.2 Å². The molecule has 1 aromatic heterocycles. The van der Waals surface area contributed by atoms with E-state index < -0.39 is 0 Å². The summed E-state index contributed by atoms with van der Waals surface area (Å²) in [6, 6.07) is 4.38. The van der Waals surface area contributed by atoms with Crippen LogP contribution in [0.3, 0.4) is 0 Å². The number of hydrogen-bond donors (Lipinski definition) is 0. The highest BCUT2D eigenvalue weighted by atomic mass is 79.9. The molecule has 0 amide bonds. The third-order valence-corrected chi connectivity index (χ3v) is 8.57. The van der Waals surface area contributed by atoms with E-state index in [-0.39, 0.29) is 5.38 Å². The molecule has 3 atom stereocenters. The largest absolute Gasteiger partial charge is 0.132 e. The van der Waals surface area contributed by atoms with Crippen LogP contribution < -0.4 is 0 Å². The van der Waals surface area contributed by atoms with Gasteiger partial charge in [0, 0.05) is 4.88 Å². The van der Waals surface area contributed by atoms with E-state index in [1.807, 2.05) is 11.3 Å². The highest BCUT2D eigenvalue weighted by Crippen LogP contribution is 2.73. The zero-order chi connectivity index (χ0) is 14.2. The molecule has 0 radical (unpaired) electrons. The molecule has 110 valence electrons. The Morgan fingerprint density at radius 3 is 2.30 bits per heavy atom. The summed E-state index contributed by atoms with van der Waals surface area (Å²) >= 11 is 12.5. The average Bonchev–Trinajstić information content (AvgIpc) is 2.69. The van der Waals surface area contributed by atoms with Gasteiger partial charge in [0.25, 0.3) is 0 Å². The fourth-order valence-corrected chi connectivity index (χ4v) is 8.58. The smallest absolute Gasteiger partial charge is 0.0735 e. The van der Waals surface area contributed by atoms with Gasteiger partial charge in [0.15, 0.2) is 0 Å². The molecule has 1 aromatic rings. The summed E-state index contributed by atoms with van der Waals surface area (Å²) in [5.74, 6) is 0.922. The first-order valence-corrected chi connectivity index (χ1v) is 9.76. The quantitative estimate of drug-likeness (QED) is 0.501. The number of hydrogen-bond acceptors (Lipinski definition) is 1. The molecule has 4 aliphatic rings. The van der Waals surface area contributed by atoms with Crippen molar-refractivity contribution < 1.29 is 0 Å². The zero-order valence-electron chi connectivity index (χ0n) is 12.2. The molecule has 0 aliphatic heterocycles. The predicted molar refractivity (Wildman–Crippen MR) is 90.5 cm³/mol. The van der Waals surface area contributed by atoms with Crippen LogP contribution in [0.4, 0.5) is 0 Å². The van der Waals surface area contributed by atoms with Crippen LogP contribution in [0, 0.1) is 22.2 Å². The van der Waals surface area contributed by atoms with Crippen molar-refractivity contribution in [1.29, 1.82) is 0 Å². The molecule has 3 unspecified atom stereocenters. The van der Waals surface area contributed by atoms with Crippen molar-refractivity contribution in [3.8, 4) is 0 Å². The monoisotopic (exact) mass is 372 g/mol. The minimum atomic E-state index is 0.209. The topological polar surface area (TPSA) is 0 Å². The highest BCUT2D eigenvalue weighted by Gasteiger charge is 2.62. The van der Waals surface area contributed by atoms with Gasteiger partial charge in [0.05, 0.1) is 9.16 Å². The fourth-order valence-electron chi connectivity index (χ4n) is 6.58. The predicted octanol–water partition coefficient (Wildman–Crippen LogP) is 6.79. The lowest BCUT2D eigenvalue weighted by molar-refractivity contribution is -0.146. The Hall–Kier alpha value is 0.470. The molecular weight excluding hydrogens is 352 g/mol. The Bertz CT molecular complexity index is 533. The van der Waals surface area contributed by atoms with Crippen molar-refractivity contribution >= 4 is 38.9 Å². The van der Waals surface area contributed by atoms with Gasteiger partial charge < -0.3 is 0 Å².